The maximum Gasteiger partial charge on any atom is 0.338 e. The van der Waals surface area contributed by atoms with Crippen molar-refractivity contribution >= 4 is 27.6 Å². The highest BCUT2D eigenvalue weighted by Gasteiger charge is 2.27. The fraction of sp³-hybridized carbons (Fsp3) is 0.391. The summed E-state index contributed by atoms with van der Waals surface area (Å²) >= 11 is 0. The highest BCUT2D eigenvalue weighted by molar-refractivity contribution is 7.89. The van der Waals surface area contributed by atoms with Crippen LogP contribution in [0.2, 0.25) is 0 Å². The van der Waals surface area contributed by atoms with Crippen molar-refractivity contribution in [3.05, 3.63) is 53.6 Å². The van der Waals surface area contributed by atoms with Crippen LogP contribution in [-0.4, -0.2) is 40.1 Å². The first kappa shape index (κ1) is 23.7. The predicted octanol–water partition coefficient (Wildman–Crippen LogP) is 3.27. The van der Waals surface area contributed by atoms with Gasteiger partial charge in [-0.25, -0.2) is 17.9 Å². The Labute approximate surface area is 188 Å². The Morgan fingerprint density at radius 3 is 2.50 bits per heavy atom. The first-order valence-corrected chi connectivity index (χ1v) is 12.1. The van der Waals surface area contributed by atoms with Crippen LogP contribution < -0.4 is 14.8 Å². The molecule has 3 rings (SSSR count). The van der Waals surface area contributed by atoms with Crippen LogP contribution >= 0.6 is 0 Å². The van der Waals surface area contributed by atoms with E-state index >= 15 is 0 Å². The third kappa shape index (κ3) is 5.86. The van der Waals surface area contributed by atoms with E-state index in [0.29, 0.717) is 5.69 Å². The zero-order chi connectivity index (χ0) is 23.1. The molecule has 0 bridgehead atoms. The van der Waals surface area contributed by atoms with Crippen molar-refractivity contribution < 1.29 is 27.5 Å². The number of ether oxygens (including phenoxy) is 2. The third-order valence-electron chi connectivity index (χ3n) is 5.37. The van der Waals surface area contributed by atoms with Crippen LogP contribution in [0, 0.1) is 0 Å². The Morgan fingerprint density at radius 1 is 1.09 bits per heavy atom. The summed E-state index contributed by atoms with van der Waals surface area (Å²) in [6.07, 6.45) is 4.25. The van der Waals surface area contributed by atoms with Crippen LogP contribution in [0.3, 0.4) is 0 Å². The first-order valence-electron chi connectivity index (χ1n) is 10.6. The molecule has 32 heavy (non-hydrogen) atoms. The number of hydrogen-bond donors (Lipinski definition) is 2. The molecule has 0 atom stereocenters. The summed E-state index contributed by atoms with van der Waals surface area (Å²) in [4.78, 5) is 24.6. The van der Waals surface area contributed by atoms with Gasteiger partial charge in [-0.15, -0.1) is 0 Å². The number of para-hydroxylation sites is 1. The van der Waals surface area contributed by atoms with Crippen LogP contribution in [0.25, 0.3) is 0 Å². The molecule has 9 heteroatoms. The summed E-state index contributed by atoms with van der Waals surface area (Å²) in [6, 6.07) is 11.2. The summed E-state index contributed by atoms with van der Waals surface area (Å²) in [5.74, 6) is -1.16. The Balaban J connectivity index is 1.68. The third-order valence-corrected chi connectivity index (χ3v) is 6.91. The molecule has 2 aromatic rings. The van der Waals surface area contributed by atoms with E-state index in [9.17, 15) is 18.0 Å². The number of rotatable bonds is 9. The van der Waals surface area contributed by atoms with E-state index in [-0.39, 0.29) is 22.3 Å². The summed E-state index contributed by atoms with van der Waals surface area (Å²) in [6.45, 7) is 1.48. The lowest BCUT2D eigenvalue weighted by Gasteiger charge is -2.15. The van der Waals surface area contributed by atoms with E-state index in [1.165, 1.54) is 25.3 Å². The molecule has 0 aliphatic heterocycles. The second-order valence-corrected chi connectivity index (χ2v) is 9.29. The van der Waals surface area contributed by atoms with Gasteiger partial charge in [0, 0.05) is 11.7 Å². The molecule has 0 saturated heterocycles. The molecule has 2 N–H and O–H groups in total. The number of hydrogen-bond acceptors (Lipinski definition) is 6. The lowest BCUT2D eigenvalue weighted by molar-refractivity contribution is -0.119. The first-order chi connectivity index (χ1) is 15.3. The van der Waals surface area contributed by atoms with Gasteiger partial charge in [0.1, 0.15) is 10.6 Å². The zero-order valence-electron chi connectivity index (χ0n) is 18.2. The molecule has 1 fully saturated rings. The molecular formula is C23H28N2O6S. The minimum Gasteiger partial charge on any atom is -0.495 e. The van der Waals surface area contributed by atoms with E-state index in [0.717, 1.165) is 37.7 Å². The molecule has 2 aromatic carbocycles. The minimum absolute atomic E-state index is 0.0133. The second kappa shape index (κ2) is 10.6. The maximum absolute atomic E-state index is 12.9. The van der Waals surface area contributed by atoms with Gasteiger partial charge in [0.05, 0.1) is 12.7 Å². The van der Waals surface area contributed by atoms with Crippen molar-refractivity contribution in [3.63, 3.8) is 0 Å². The molecular weight excluding hydrogens is 432 g/mol. The zero-order valence-corrected chi connectivity index (χ0v) is 19.0. The lowest BCUT2D eigenvalue weighted by Crippen LogP contribution is -2.33. The summed E-state index contributed by atoms with van der Waals surface area (Å²) in [5.41, 5.74) is 1.64. The standard InChI is InChI=1S/C23H28N2O6S/c1-3-16-8-4-7-11-19(16)24-22(26)15-31-23(27)17-12-13-20(30-2)21(14-17)32(28,29)25-18-9-5-6-10-18/h4,7-8,11-14,18,25H,3,5-6,9-10,15H2,1-2H3,(H,24,26). The van der Waals surface area contributed by atoms with Gasteiger partial charge < -0.3 is 14.8 Å². The van der Waals surface area contributed by atoms with Gasteiger partial charge in [-0.3, -0.25) is 4.79 Å². The topological polar surface area (TPSA) is 111 Å². The molecule has 1 aliphatic rings. The molecule has 0 aromatic heterocycles. The van der Waals surface area contributed by atoms with Gasteiger partial charge in [0.25, 0.3) is 5.91 Å². The maximum atomic E-state index is 12.9. The highest BCUT2D eigenvalue weighted by Crippen LogP contribution is 2.27. The van der Waals surface area contributed by atoms with Crippen molar-refractivity contribution in [3.8, 4) is 5.75 Å². The quantitative estimate of drug-likeness (QED) is 0.556. The molecule has 1 amide bonds. The molecule has 0 radical (unpaired) electrons. The van der Waals surface area contributed by atoms with Crippen LogP contribution in [0.1, 0.15) is 48.5 Å². The number of benzene rings is 2. The second-order valence-electron chi connectivity index (χ2n) is 7.60. The summed E-state index contributed by atoms with van der Waals surface area (Å²) in [5, 5.41) is 2.72. The SMILES string of the molecule is CCc1ccccc1NC(=O)COC(=O)c1ccc(OC)c(S(=O)(=O)NC2CCCC2)c1. The summed E-state index contributed by atoms with van der Waals surface area (Å²) < 4.78 is 38.7. The molecule has 8 nitrogen and oxygen atoms in total. The summed E-state index contributed by atoms with van der Waals surface area (Å²) in [7, 11) is -2.52. The number of amides is 1. The average Bonchev–Trinajstić information content (AvgIpc) is 3.29. The number of anilines is 1. The van der Waals surface area contributed by atoms with Crippen molar-refractivity contribution in [1.82, 2.24) is 4.72 Å². The number of methoxy groups -OCH3 is 1. The molecule has 172 valence electrons. The van der Waals surface area contributed by atoms with E-state index in [1.54, 1.807) is 12.1 Å². The Hall–Kier alpha value is -2.91. The van der Waals surface area contributed by atoms with Gasteiger partial charge in [0.15, 0.2) is 6.61 Å². The van der Waals surface area contributed by atoms with E-state index < -0.39 is 28.5 Å². The smallest absolute Gasteiger partial charge is 0.338 e. The largest absolute Gasteiger partial charge is 0.495 e. The monoisotopic (exact) mass is 460 g/mol. The Bertz CT molecular complexity index is 1080. The molecule has 0 heterocycles. The van der Waals surface area contributed by atoms with Crippen molar-refractivity contribution in [2.45, 2.75) is 50.0 Å². The van der Waals surface area contributed by atoms with E-state index in [1.807, 2.05) is 19.1 Å². The van der Waals surface area contributed by atoms with Crippen LogP contribution in [-0.2, 0) is 26.0 Å². The average molecular weight is 461 g/mol. The number of esters is 1. The van der Waals surface area contributed by atoms with Gasteiger partial charge in [-0.1, -0.05) is 38.0 Å². The van der Waals surface area contributed by atoms with Crippen LogP contribution in [0.15, 0.2) is 47.4 Å². The van der Waals surface area contributed by atoms with E-state index in [4.69, 9.17) is 9.47 Å². The van der Waals surface area contributed by atoms with Crippen molar-refractivity contribution in [2.24, 2.45) is 0 Å². The lowest BCUT2D eigenvalue weighted by atomic mass is 10.1. The Kier molecular flexibility index (Phi) is 7.87. The predicted molar refractivity (Wildman–Crippen MR) is 120 cm³/mol. The van der Waals surface area contributed by atoms with E-state index in [2.05, 4.69) is 10.0 Å². The normalized spacial score (nSPS) is 14.2. The fourth-order valence-electron chi connectivity index (χ4n) is 3.69. The van der Waals surface area contributed by atoms with Gasteiger partial charge >= 0.3 is 5.97 Å². The van der Waals surface area contributed by atoms with Gasteiger partial charge in [-0.05, 0) is 49.1 Å². The van der Waals surface area contributed by atoms with Crippen molar-refractivity contribution in [2.75, 3.05) is 19.0 Å². The fourth-order valence-corrected chi connectivity index (χ4v) is 5.19. The number of sulfonamides is 1. The molecule has 1 saturated carbocycles. The number of aryl methyl sites for hydroxylation is 1. The van der Waals surface area contributed by atoms with Crippen LogP contribution in [0.4, 0.5) is 5.69 Å². The molecule has 0 spiro atoms. The van der Waals surface area contributed by atoms with Crippen molar-refractivity contribution in [1.29, 1.82) is 0 Å². The Morgan fingerprint density at radius 2 is 1.81 bits per heavy atom. The van der Waals surface area contributed by atoms with Gasteiger partial charge in [0.2, 0.25) is 10.0 Å². The highest BCUT2D eigenvalue weighted by atomic mass is 32.2. The van der Waals surface area contributed by atoms with Crippen LogP contribution in [0.5, 0.6) is 5.75 Å². The molecule has 1 aliphatic carbocycles. The minimum atomic E-state index is -3.88. The van der Waals surface area contributed by atoms with Gasteiger partial charge in [-0.2, -0.15) is 0 Å². The number of carbonyl (C=O) groups is 2. The molecule has 0 unspecified atom stereocenters. The number of nitrogens with one attached hydrogen (secondary N) is 2. The number of carbonyl (C=O) groups excluding carboxylic acids is 2.